The highest BCUT2D eigenvalue weighted by Crippen LogP contribution is 2.36. The Morgan fingerprint density at radius 1 is 1.33 bits per heavy atom. The molecule has 0 saturated carbocycles. The Morgan fingerprint density at radius 2 is 1.96 bits per heavy atom. The number of carbonyl (C=O) groups is 1. The van der Waals surface area contributed by atoms with Gasteiger partial charge in [0.05, 0.1) is 22.1 Å². The lowest BCUT2D eigenvalue weighted by Crippen LogP contribution is -2.52. The molecule has 2 N–H and O–H groups in total. The number of rotatable bonds is 3. The zero-order valence-corrected chi connectivity index (χ0v) is 16.8. The van der Waals surface area contributed by atoms with E-state index < -0.39 is 30.0 Å². The SMILES string of the molecule is CC(C)(C)OC(=O)N1CC(n2cc([C@H](N)C(F)F)c3cc(F)c(Br)cc32)C1. The molecule has 1 aromatic carbocycles. The van der Waals surface area contributed by atoms with Crippen LogP contribution in [-0.2, 0) is 4.74 Å². The summed E-state index contributed by atoms with van der Waals surface area (Å²) in [6, 6.07) is 1.10. The van der Waals surface area contributed by atoms with Crippen molar-refractivity contribution in [1.29, 1.82) is 0 Å². The lowest BCUT2D eigenvalue weighted by molar-refractivity contribution is 0.00155. The number of hydrogen-bond donors (Lipinski definition) is 1. The number of carbonyl (C=O) groups excluding carboxylic acids is 1. The lowest BCUT2D eigenvalue weighted by Gasteiger charge is -2.40. The third-order valence-corrected chi connectivity index (χ3v) is 5.05. The molecule has 2 aromatic rings. The summed E-state index contributed by atoms with van der Waals surface area (Å²) in [5, 5.41) is 0.346. The highest BCUT2D eigenvalue weighted by Gasteiger charge is 2.36. The molecule has 0 radical (unpaired) electrons. The molecule has 0 spiro atoms. The van der Waals surface area contributed by atoms with Crippen molar-refractivity contribution < 1.29 is 22.7 Å². The number of alkyl halides is 2. The Hall–Kier alpha value is -1.74. The fourth-order valence-electron chi connectivity index (χ4n) is 3.08. The van der Waals surface area contributed by atoms with Crippen LogP contribution in [-0.4, -0.2) is 40.7 Å². The van der Waals surface area contributed by atoms with Gasteiger partial charge in [0.1, 0.15) is 11.4 Å². The molecule has 1 aliphatic heterocycles. The smallest absolute Gasteiger partial charge is 0.410 e. The molecule has 1 amide bonds. The van der Waals surface area contributed by atoms with Crippen LogP contribution in [0.3, 0.4) is 0 Å². The normalized spacial score (nSPS) is 16.7. The van der Waals surface area contributed by atoms with E-state index in [-0.39, 0.29) is 16.1 Å². The van der Waals surface area contributed by atoms with Crippen molar-refractivity contribution in [3.63, 3.8) is 0 Å². The van der Waals surface area contributed by atoms with Gasteiger partial charge in [-0.15, -0.1) is 0 Å². The maximum Gasteiger partial charge on any atom is 0.410 e. The van der Waals surface area contributed by atoms with Gasteiger partial charge in [-0.1, -0.05) is 0 Å². The summed E-state index contributed by atoms with van der Waals surface area (Å²) in [4.78, 5) is 13.6. The van der Waals surface area contributed by atoms with Crippen LogP contribution < -0.4 is 5.73 Å². The van der Waals surface area contributed by atoms with Crippen LogP contribution in [0.2, 0.25) is 0 Å². The zero-order chi connectivity index (χ0) is 20.1. The molecule has 0 aliphatic carbocycles. The number of nitrogens with two attached hydrogens (primary N) is 1. The molecule has 2 heterocycles. The molecule has 1 atom stereocenters. The zero-order valence-electron chi connectivity index (χ0n) is 15.2. The molecule has 9 heteroatoms. The average molecular weight is 448 g/mol. The predicted octanol–water partition coefficient (Wildman–Crippen LogP) is 4.60. The standard InChI is InChI=1S/C18H21BrF3N3O2/c1-18(2,3)27-17(26)24-6-9(7-24)25-8-11(15(23)16(21)22)10-4-13(20)12(19)5-14(10)25/h4-5,8-9,15-16H,6-7,23H2,1-3H3/t15-/m0/s1. The summed E-state index contributed by atoms with van der Waals surface area (Å²) in [5.41, 5.74) is 5.80. The molecule has 27 heavy (non-hydrogen) atoms. The summed E-state index contributed by atoms with van der Waals surface area (Å²) in [6.07, 6.45) is -1.66. The fourth-order valence-corrected chi connectivity index (χ4v) is 3.41. The van der Waals surface area contributed by atoms with Gasteiger partial charge in [0.2, 0.25) is 0 Å². The van der Waals surface area contributed by atoms with E-state index in [4.69, 9.17) is 10.5 Å². The first-order chi connectivity index (χ1) is 12.5. The third kappa shape index (κ3) is 3.94. The van der Waals surface area contributed by atoms with Gasteiger partial charge in [0.15, 0.2) is 0 Å². The monoisotopic (exact) mass is 447 g/mol. The second-order valence-electron chi connectivity index (χ2n) is 7.67. The molecule has 1 saturated heterocycles. The van der Waals surface area contributed by atoms with Gasteiger partial charge >= 0.3 is 6.09 Å². The summed E-state index contributed by atoms with van der Waals surface area (Å²) in [6.45, 7) is 6.09. The first-order valence-electron chi connectivity index (χ1n) is 8.49. The second-order valence-corrected chi connectivity index (χ2v) is 8.53. The van der Waals surface area contributed by atoms with E-state index in [0.717, 1.165) is 0 Å². The maximum atomic E-state index is 14.0. The number of amides is 1. The highest BCUT2D eigenvalue weighted by molar-refractivity contribution is 9.10. The number of nitrogens with zero attached hydrogens (tertiary/aromatic N) is 2. The molecule has 0 unspecified atom stereocenters. The van der Waals surface area contributed by atoms with Crippen molar-refractivity contribution in [2.45, 2.75) is 44.9 Å². The minimum Gasteiger partial charge on any atom is -0.444 e. The molecule has 1 fully saturated rings. The predicted molar refractivity (Wildman–Crippen MR) is 99.4 cm³/mol. The van der Waals surface area contributed by atoms with Crippen LogP contribution in [0.5, 0.6) is 0 Å². The van der Waals surface area contributed by atoms with Crippen molar-refractivity contribution in [1.82, 2.24) is 9.47 Å². The number of fused-ring (bicyclic) bond motifs is 1. The Bertz CT molecular complexity index is 873. The van der Waals surface area contributed by atoms with E-state index in [0.29, 0.717) is 24.0 Å². The van der Waals surface area contributed by atoms with Gasteiger partial charge in [-0.05, 0) is 48.8 Å². The Kier molecular flexibility index (Phi) is 5.20. The van der Waals surface area contributed by atoms with Crippen molar-refractivity contribution in [2.75, 3.05) is 13.1 Å². The first kappa shape index (κ1) is 20.0. The van der Waals surface area contributed by atoms with E-state index in [9.17, 15) is 18.0 Å². The van der Waals surface area contributed by atoms with E-state index in [1.165, 1.54) is 17.2 Å². The van der Waals surface area contributed by atoms with Crippen molar-refractivity contribution in [3.05, 3.63) is 34.2 Å². The van der Waals surface area contributed by atoms with Gasteiger partial charge < -0.3 is 19.9 Å². The largest absolute Gasteiger partial charge is 0.444 e. The van der Waals surface area contributed by atoms with Crippen molar-refractivity contribution in [3.8, 4) is 0 Å². The third-order valence-electron chi connectivity index (χ3n) is 4.44. The van der Waals surface area contributed by atoms with E-state index in [2.05, 4.69) is 15.9 Å². The molecule has 3 rings (SSSR count). The Morgan fingerprint density at radius 3 is 2.52 bits per heavy atom. The summed E-state index contributed by atoms with van der Waals surface area (Å²) in [5.74, 6) is -0.549. The average Bonchev–Trinajstić information content (AvgIpc) is 2.82. The van der Waals surface area contributed by atoms with Gasteiger partial charge in [0.25, 0.3) is 6.43 Å². The van der Waals surface area contributed by atoms with Crippen LogP contribution in [0.4, 0.5) is 18.0 Å². The molecule has 148 valence electrons. The number of aromatic nitrogens is 1. The van der Waals surface area contributed by atoms with Crippen molar-refractivity contribution >= 4 is 32.9 Å². The first-order valence-corrected chi connectivity index (χ1v) is 9.28. The molecular formula is C18H21BrF3N3O2. The minimum atomic E-state index is -2.77. The van der Waals surface area contributed by atoms with Gasteiger partial charge in [-0.3, -0.25) is 0 Å². The molecule has 0 bridgehead atoms. The number of benzene rings is 1. The quantitative estimate of drug-likeness (QED) is 0.747. The second kappa shape index (κ2) is 7.01. The Labute approximate surface area is 163 Å². The van der Waals surface area contributed by atoms with Gasteiger partial charge in [0, 0.05) is 30.2 Å². The topological polar surface area (TPSA) is 60.5 Å². The summed E-state index contributed by atoms with van der Waals surface area (Å²) >= 11 is 3.13. The van der Waals surface area contributed by atoms with Crippen LogP contribution in [0.1, 0.15) is 38.4 Å². The van der Waals surface area contributed by atoms with Crippen LogP contribution in [0.25, 0.3) is 10.9 Å². The minimum absolute atomic E-state index is 0.129. The fraction of sp³-hybridized carbons (Fsp3) is 0.500. The molecule has 1 aromatic heterocycles. The van der Waals surface area contributed by atoms with E-state index >= 15 is 0 Å². The summed E-state index contributed by atoms with van der Waals surface area (Å²) in [7, 11) is 0. The van der Waals surface area contributed by atoms with Gasteiger partial charge in [-0.25, -0.2) is 18.0 Å². The number of ether oxygens (including phenoxy) is 1. The van der Waals surface area contributed by atoms with Crippen LogP contribution >= 0.6 is 15.9 Å². The molecular weight excluding hydrogens is 427 g/mol. The van der Waals surface area contributed by atoms with Crippen LogP contribution in [0, 0.1) is 5.82 Å². The highest BCUT2D eigenvalue weighted by atomic mass is 79.9. The Balaban J connectivity index is 1.90. The molecule has 5 nitrogen and oxygen atoms in total. The lowest BCUT2D eigenvalue weighted by atomic mass is 10.1. The maximum absolute atomic E-state index is 14.0. The van der Waals surface area contributed by atoms with E-state index in [1.807, 2.05) is 0 Å². The van der Waals surface area contributed by atoms with Crippen molar-refractivity contribution in [2.24, 2.45) is 5.73 Å². The summed E-state index contributed by atoms with van der Waals surface area (Å²) < 4.78 is 47.6. The number of halogens is 4. The number of hydrogen-bond acceptors (Lipinski definition) is 3. The van der Waals surface area contributed by atoms with Gasteiger partial charge in [-0.2, -0.15) is 0 Å². The van der Waals surface area contributed by atoms with E-state index in [1.54, 1.807) is 31.4 Å². The molecule has 1 aliphatic rings. The van der Waals surface area contributed by atoms with Crippen LogP contribution in [0.15, 0.2) is 22.8 Å². The number of likely N-dealkylation sites (tertiary alicyclic amines) is 1.